The molecule has 0 atom stereocenters. The average Bonchev–Trinajstić information content (AvgIpc) is 2.12. The van der Waals surface area contributed by atoms with Gasteiger partial charge in [-0.3, -0.25) is 4.79 Å². The van der Waals surface area contributed by atoms with Gasteiger partial charge in [-0.05, 0) is 28.7 Å². The van der Waals surface area contributed by atoms with Crippen molar-refractivity contribution in [2.45, 2.75) is 39.7 Å². The van der Waals surface area contributed by atoms with Crippen LogP contribution in [0.2, 0.25) is 0 Å². The monoisotopic (exact) mass is 221 g/mol. The van der Waals surface area contributed by atoms with E-state index in [0.29, 0.717) is 5.69 Å². The molecule has 3 heteroatoms. The predicted octanol–water partition coefficient (Wildman–Crippen LogP) is 2.63. The molecule has 1 aromatic rings. The van der Waals surface area contributed by atoms with Crippen LogP contribution in [0.4, 0.5) is 5.69 Å². The zero-order chi connectivity index (χ0) is 12.3. The third-order valence-electron chi connectivity index (χ3n) is 2.32. The van der Waals surface area contributed by atoms with Crippen molar-refractivity contribution in [2.24, 2.45) is 0 Å². The van der Waals surface area contributed by atoms with E-state index >= 15 is 0 Å². The highest BCUT2D eigenvalue weighted by Crippen LogP contribution is 2.25. The number of hydrogen-bond acceptors (Lipinski definition) is 3. The first-order chi connectivity index (χ1) is 7.29. The van der Waals surface area contributed by atoms with Crippen molar-refractivity contribution in [1.82, 2.24) is 0 Å². The van der Waals surface area contributed by atoms with Crippen molar-refractivity contribution < 1.29 is 9.53 Å². The van der Waals surface area contributed by atoms with Gasteiger partial charge in [-0.25, -0.2) is 0 Å². The van der Waals surface area contributed by atoms with Crippen LogP contribution in [0.1, 0.15) is 38.8 Å². The topological polar surface area (TPSA) is 52.3 Å². The minimum atomic E-state index is -0.278. The second kappa shape index (κ2) is 4.56. The summed E-state index contributed by atoms with van der Waals surface area (Å²) in [6, 6.07) is 5.81. The van der Waals surface area contributed by atoms with E-state index in [0.717, 1.165) is 11.1 Å². The van der Waals surface area contributed by atoms with E-state index in [1.165, 1.54) is 6.92 Å². The standard InChI is InChI=1S/C13H19NO2/c1-9(15)16-8-10-5-11(13(2,3)4)7-12(14)6-10/h5-7H,8,14H2,1-4H3. The molecule has 0 heterocycles. The molecule has 0 aliphatic carbocycles. The summed E-state index contributed by atoms with van der Waals surface area (Å²) in [5, 5.41) is 0. The van der Waals surface area contributed by atoms with Gasteiger partial charge >= 0.3 is 5.97 Å². The maximum atomic E-state index is 10.7. The fourth-order valence-corrected chi connectivity index (χ4v) is 1.42. The van der Waals surface area contributed by atoms with Crippen LogP contribution in [-0.2, 0) is 21.6 Å². The van der Waals surface area contributed by atoms with Crippen molar-refractivity contribution in [3.63, 3.8) is 0 Å². The normalized spacial score (nSPS) is 11.2. The maximum absolute atomic E-state index is 10.7. The molecule has 0 saturated carbocycles. The van der Waals surface area contributed by atoms with Crippen molar-refractivity contribution in [2.75, 3.05) is 5.73 Å². The molecule has 0 bridgehead atoms. The number of rotatable bonds is 2. The Morgan fingerprint density at radius 2 is 1.94 bits per heavy atom. The number of hydrogen-bond donors (Lipinski definition) is 1. The lowest BCUT2D eigenvalue weighted by Gasteiger charge is -2.20. The van der Waals surface area contributed by atoms with Crippen LogP contribution in [0, 0.1) is 0 Å². The van der Waals surface area contributed by atoms with E-state index in [9.17, 15) is 4.79 Å². The molecule has 0 radical (unpaired) electrons. The van der Waals surface area contributed by atoms with Crippen LogP contribution in [-0.4, -0.2) is 5.97 Å². The van der Waals surface area contributed by atoms with Gasteiger partial charge < -0.3 is 10.5 Å². The zero-order valence-corrected chi connectivity index (χ0v) is 10.3. The maximum Gasteiger partial charge on any atom is 0.302 e. The molecule has 0 aromatic heterocycles. The van der Waals surface area contributed by atoms with Crippen LogP contribution < -0.4 is 5.73 Å². The van der Waals surface area contributed by atoms with E-state index in [1.54, 1.807) is 0 Å². The second-order valence-corrected chi connectivity index (χ2v) is 4.99. The Morgan fingerprint density at radius 1 is 1.31 bits per heavy atom. The summed E-state index contributed by atoms with van der Waals surface area (Å²) >= 11 is 0. The van der Waals surface area contributed by atoms with Gasteiger partial charge in [-0.15, -0.1) is 0 Å². The number of ether oxygens (including phenoxy) is 1. The highest BCUT2D eigenvalue weighted by atomic mass is 16.5. The summed E-state index contributed by atoms with van der Waals surface area (Å²) in [4.78, 5) is 10.7. The Balaban J connectivity index is 2.94. The Kier molecular flexibility index (Phi) is 3.58. The first-order valence-electron chi connectivity index (χ1n) is 5.32. The van der Waals surface area contributed by atoms with Gasteiger partial charge in [0.1, 0.15) is 6.61 Å². The van der Waals surface area contributed by atoms with Gasteiger partial charge in [0.25, 0.3) is 0 Å². The predicted molar refractivity (Wildman–Crippen MR) is 65.0 cm³/mol. The van der Waals surface area contributed by atoms with Gasteiger partial charge in [0.05, 0.1) is 0 Å². The fraction of sp³-hybridized carbons (Fsp3) is 0.462. The van der Waals surface area contributed by atoms with E-state index in [4.69, 9.17) is 10.5 Å². The third-order valence-corrected chi connectivity index (χ3v) is 2.32. The fourth-order valence-electron chi connectivity index (χ4n) is 1.42. The molecule has 0 saturated heterocycles. The second-order valence-electron chi connectivity index (χ2n) is 4.99. The van der Waals surface area contributed by atoms with Gasteiger partial charge in [-0.1, -0.05) is 26.8 Å². The van der Waals surface area contributed by atoms with E-state index in [1.807, 2.05) is 18.2 Å². The third kappa shape index (κ3) is 3.57. The van der Waals surface area contributed by atoms with E-state index in [-0.39, 0.29) is 18.0 Å². The SMILES string of the molecule is CC(=O)OCc1cc(N)cc(C(C)(C)C)c1. The number of esters is 1. The highest BCUT2D eigenvalue weighted by Gasteiger charge is 2.15. The molecule has 88 valence electrons. The Bertz CT molecular complexity index is 391. The lowest BCUT2D eigenvalue weighted by molar-refractivity contribution is -0.142. The molecule has 1 rings (SSSR count). The largest absolute Gasteiger partial charge is 0.461 e. The number of anilines is 1. The van der Waals surface area contributed by atoms with Crippen molar-refractivity contribution in [3.05, 3.63) is 29.3 Å². The van der Waals surface area contributed by atoms with Gasteiger partial charge in [0, 0.05) is 12.6 Å². The number of benzene rings is 1. The summed E-state index contributed by atoms with van der Waals surface area (Å²) in [6.45, 7) is 8.05. The van der Waals surface area contributed by atoms with Crippen LogP contribution in [0.3, 0.4) is 0 Å². The van der Waals surface area contributed by atoms with Crippen molar-refractivity contribution in [1.29, 1.82) is 0 Å². The van der Waals surface area contributed by atoms with Crippen molar-refractivity contribution >= 4 is 11.7 Å². The minimum Gasteiger partial charge on any atom is -0.461 e. The first-order valence-corrected chi connectivity index (χ1v) is 5.32. The van der Waals surface area contributed by atoms with Crippen LogP contribution >= 0.6 is 0 Å². The number of carbonyl (C=O) groups is 1. The van der Waals surface area contributed by atoms with Crippen molar-refractivity contribution in [3.8, 4) is 0 Å². The number of nitrogen functional groups attached to an aromatic ring is 1. The molecule has 2 N–H and O–H groups in total. The molecule has 16 heavy (non-hydrogen) atoms. The molecule has 0 unspecified atom stereocenters. The van der Waals surface area contributed by atoms with Crippen LogP contribution in [0.25, 0.3) is 0 Å². The quantitative estimate of drug-likeness (QED) is 0.617. The molecule has 0 aliphatic heterocycles. The van der Waals surface area contributed by atoms with E-state index < -0.39 is 0 Å². The van der Waals surface area contributed by atoms with Gasteiger partial charge in [-0.2, -0.15) is 0 Å². The Hall–Kier alpha value is -1.51. The molecule has 0 aliphatic rings. The minimum absolute atomic E-state index is 0.0420. The molecular formula is C13H19NO2. The number of nitrogens with two attached hydrogens (primary N) is 1. The smallest absolute Gasteiger partial charge is 0.302 e. The molecular weight excluding hydrogens is 202 g/mol. The Labute approximate surface area is 96.6 Å². The molecule has 0 fully saturated rings. The van der Waals surface area contributed by atoms with E-state index in [2.05, 4.69) is 20.8 Å². The van der Waals surface area contributed by atoms with Crippen LogP contribution in [0.15, 0.2) is 18.2 Å². The lowest BCUT2D eigenvalue weighted by atomic mass is 9.86. The average molecular weight is 221 g/mol. The molecule has 0 amide bonds. The van der Waals surface area contributed by atoms with Gasteiger partial charge in [0.2, 0.25) is 0 Å². The first kappa shape index (κ1) is 12.6. The summed E-state index contributed by atoms with van der Waals surface area (Å²) < 4.78 is 4.96. The zero-order valence-electron chi connectivity index (χ0n) is 10.3. The number of carbonyl (C=O) groups excluding carboxylic acids is 1. The molecule has 1 aromatic carbocycles. The summed E-state index contributed by atoms with van der Waals surface area (Å²) in [5.74, 6) is -0.278. The van der Waals surface area contributed by atoms with Crippen LogP contribution in [0.5, 0.6) is 0 Å². The Morgan fingerprint density at radius 3 is 2.44 bits per heavy atom. The summed E-state index contributed by atoms with van der Waals surface area (Å²) in [7, 11) is 0. The summed E-state index contributed by atoms with van der Waals surface area (Å²) in [6.07, 6.45) is 0. The molecule has 3 nitrogen and oxygen atoms in total. The lowest BCUT2D eigenvalue weighted by Crippen LogP contribution is -2.12. The molecule has 0 spiro atoms. The van der Waals surface area contributed by atoms with Gasteiger partial charge in [0.15, 0.2) is 0 Å². The summed E-state index contributed by atoms with van der Waals surface area (Å²) in [5.41, 5.74) is 8.65. The highest BCUT2D eigenvalue weighted by molar-refractivity contribution is 5.66.